The lowest BCUT2D eigenvalue weighted by atomic mass is 9.76. The summed E-state index contributed by atoms with van der Waals surface area (Å²) in [6.07, 6.45) is 5.83. The molecule has 0 unspecified atom stereocenters. The highest BCUT2D eigenvalue weighted by Gasteiger charge is 2.38. The van der Waals surface area contributed by atoms with Gasteiger partial charge >= 0.3 is 0 Å². The zero-order valence-electron chi connectivity index (χ0n) is 12.0. The maximum atomic E-state index is 6.32. The van der Waals surface area contributed by atoms with E-state index in [0.717, 1.165) is 17.0 Å². The van der Waals surface area contributed by atoms with Crippen molar-refractivity contribution in [1.82, 2.24) is 0 Å². The molecule has 2 aromatic rings. The Morgan fingerprint density at radius 2 is 1.90 bits per heavy atom. The second-order valence-corrected chi connectivity index (χ2v) is 6.43. The number of hydrogen-bond donors (Lipinski definition) is 1. The van der Waals surface area contributed by atoms with Gasteiger partial charge in [0.05, 0.1) is 6.04 Å². The van der Waals surface area contributed by atoms with Gasteiger partial charge in [0, 0.05) is 16.6 Å². The second kappa shape index (κ2) is 4.92. The number of rotatable bonds is 1. The van der Waals surface area contributed by atoms with Crippen LogP contribution in [0.2, 0.25) is 5.02 Å². The largest absolute Gasteiger partial charge is 0.377 e. The van der Waals surface area contributed by atoms with E-state index in [0.29, 0.717) is 17.9 Å². The predicted molar refractivity (Wildman–Crippen MR) is 89.0 cm³/mol. The maximum Gasteiger partial charge on any atom is 0.0554 e. The van der Waals surface area contributed by atoms with E-state index in [9.17, 15) is 0 Å². The van der Waals surface area contributed by atoms with E-state index in [2.05, 4.69) is 60.8 Å². The van der Waals surface area contributed by atoms with Gasteiger partial charge in [0.25, 0.3) is 0 Å². The highest BCUT2D eigenvalue weighted by molar-refractivity contribution is 6.31. The van der Waals surface area contributed by atoms with Crippen molar-refractivity contribution in [2.45, 2.75) is 25.3 Å². The highest BCUT2D eigenvalue weighted by atomic mass is 35.5. The minimum Gasteiger partial charge on any atom is -0.377 e. The van der Waals surface area contributed by atoms with Crippen LogP contribution >= 0.6 is 11.6 Å². The summed E-state index contributed by atoms with van der Waals surface area (Å²) in [5.41, 5.74) is 5.14. The van der Waals surface area contributed by atoms with Gasteiger partial charge in [-0.3, -0.25) is 0 Å². The van der Waals surface area contributed by atoms with Gasteiger partial charge in [0.15, 0.2) is 0 Å². The molecule has 1 heterocycles. The fourth-order valence-corrected chi connectivity index (χ4v) is 3.94. The highest BCUT2D eigenvalue weighted by Crippen LogP contribution is 2.51. The van der Waals surface area contributed by atoms with Crippen molar-refractivity contribution < 1.29 is 0 Å². The first kappa shape index (κ1) is 13.0. The molecule has 0 aromatic heterocycles. The van der Waals surface area contributed by atoms with E-state index < -0.39 is 0 Å². The molecule has 2 heteroatoms. The van der Waals surface area contributed by atoms with Gasteiger partial charge in [-0.05, 0) is 42.0 Å². The van der Waals surface area contributed by atoms with Gasteiger partial charge < -0.3 is 5.32 Å². The summed E-state index contributed by atoms with van der Waals surface area (Å²) in [5, 5.41) is 4.61. The summed E-state index contributed by atoms with van der Waals surface area (Å²) in [7, 11) is 0. The van der Waals surface area contributed by atoms with Crippen LogP contribution in [0.15, 0.2) is 54.6 Å². The summed E-state index contributed by atoms with van der Waals surface area (Å²) in [6.45, 7) is 2.11. The molecule has 3 atom stereocenters. The molecule has 1 N–H and O–H groups in total. The number of benzene rings is 2. The molecule has 106 valence electrons. The van der Waals surface area contributed by atoms with Crippen LogP contribution in [0.1, 0.15) is 35.1 Å². The van der Waals surface area contributed by atoms with E-state index in [1.54, 1.807) is 0 Å². The van der Waals surface area contributed by atoms with Crippen LogP contribution < -0.4 is 5.32 Å². The zero-order valence-corrected chi connectivity index (χ0v) is 12.8. The monoisotopic (exact) mass is 295 g/mol. The van der Waals surface area contributed by atoms with Crippen molar-refractivity contribution in [1.29, 1.82) is 0 Å². The third-order valence-electron chi connectivity index (χ3n) is 4.89. The van der Waals surface area contributed by atoms with Crippen LogP contribution in [0.4, 0.5) is 5.69 Å². The molecule has 0 radical (unpaired) electrons. The lowest BCUT2D eigenvalue weighted by molar-refractivity contribution is 0.425. The predicted octanol–water partition coefficient (Wildman–Crippen LogP) is 5.47. The van der Waals surface area contributed by atoms with Crippen LogP contribution in [0.25, 0.3) is 0 Å². The number of halogens is 1. The quantitative estimate of drug-likeness (QED) is 0.687. The topological polar surface area (TPSA) is 12.0 Å². The molecule has 2 aliphatic rings. The van der Waals surface area contributed by atoms with E-state index in [1.165, 1.54) is 16.8 Å². The van der Waals surface area contributed by atoms with E-state index in [1.807, 2.05) is 6.07 Å². The Balaban J connectivity index is 1.85. The van der Waals surface area contributed by atoms with E-state index in [-0.39, 0.29) is 0 Å². The first-order valence-corrected chi connectivity index (χ1v) is 7.90. The van der Waals surface area contributed by atoms with E-state index >= 15 is 0 Å². The average Bonchev–Trinajstić information content (AvgIpc) is 3.00. The van der Waals surface area contributed by atoms with Crippen LogP contribution in [-0.2, 0) is 0 Å². The molecule has 0 amide bonds. The maximum absolute atomic E-state index is 6.32. The number of hydrogen-bond acceptors (Lipinski definition) is 1. The van der Waals surface area contributed by atoms with Crippen LogP contribution in [0, 0.1) is 12.8 Å². The fourth-order valence-electron chi connectivity index (χ4n) is 3.78. The molecule has 21 heavy (non-hydrogen) atoms. The van der Waals surface area contributed by atoms with Gasteiger partial charge in [0.1, 0.15) is 0 Å². The SMILES string of the molecule is Cc1c(Cl)ccc2c1N[C@H](c1ccccc1)[C@@H]1CC=C[C@H]21. The third-order valence-corrected chi connectivity index (χ3v) is 5.30. The summed E-state index contributed by atoms with van der Waals surface area (Å²) in [4.78, 5) is 0. The Morgan fingerprint density at radius 3 is 2.71 bits per heavy atom. The Labute approximate surface area is 130 Å². The standard InChI is InChI=1S/C19H18ClN/c1-12-17(20)11-10-16-14-8-5-9-15(14)19(21-18(12)16)13-6-3-2-4-7-13/h2-8,10-11,14-15,19,21H,9H2,1H3/t14-,15+,19+/m0/s1. The smallest absolute Gasteiger partial charge is 0.0554 e. The Bertz CT molecular complexity index is 705. The summed E-state index contributed by atoms with van der Waals surface area (Å²) < 4.78 is 0. The first-order valence-electron chi connectivity index (χ1n) is 7.53. The van der Waals surface area contributed by atoms with Gasteiger partial charge in [-0.15, -0.1) is 0 Å². The van der Waals surface area contributed by atoms with Crippen LogP contribution in [0.5, 0.6) is 0 Å². The van der Waals surface area contributed by atoms with Gasteiger partial charge in [-0.1, -0.05) is 60.2 Å². The normalized spacial score (nSPS) is 26.1. The molecule has 0 spiro atoms. The van der Waals surface area contributed by atoms with Crippen molar-refractivity contribution in [2.75, 3.05) is 5.32 Å². The molecule has 2 aromatic carbocycles. The molecule has 1 aliphatic carbocycles. The zero-order chi connectivity index (χ0) is 14.4. The molecule has 1 nitrogen and oxygen atoms in total. The Kier molecular flexibility index (Phi) is 3.04. The molecular formula is C19H18ClN. The number of anilines is 1. The van der Waals surface area contributed by atoms with Crippen LogP contribution in [0.3, 0.4) is 0 Å². The van der Waals surface area contributed by atoms with Gasteiger partial charge in [-0.25, -0.2) is 0 Å². The van der Waals surface area contributed by atoms with Crippen molar-refractivity contribution >= 4 is 17.3 Å². The Morgan fingerprint density at radius 1 is 1.10 bits per heavy atom. The lowest BCUT2D eigenvalue weighted by Gasteiger charge is -2.38. The Hall–Kier alpha value is -1.73. The number of allylic oxidation sites excluding steroid dienone is 2. The number of fused-ring (bicyclic) bond motifs is 3. The van der Waals surface area contributed by atoms with Gasteiger partial charge in [-0.2, -0.15) is 0 Å². The average molecular weight is 296 g/mol. The van der Waals surface area contributed by atoms with E-state index in [4.69, 9.17) is 11.6 Å². The summed E-state index contributed by atoms with van der Waals surface area (Å²) in [6, 6.07) is 15.3. The van der Waals surface area contributed by atoms with Gasteiger partial charge in [0.2, 0.25) is 0 Å². The first-order chi connectivity index (χ1) is 10.3. The number of nitrogens with one attached hydrogen (secondary N) is 1. The van der Waals surface area contributed by atoms with Crippen LogP contribution in [-0.4, -0.2) is 0 Å². The van der Waals surface area contributed by atoms with Crippen molar-refractivity contribution in [3.8, 4) is 0 Å². The molecule has 4 rings (SSSR count). The molecule has 0 saturated heterocycles. The summed E-state index contributed by atoms with van der Waals surface area (Å²) >= 11 is 6.32. The third kappa shape index (κ3) is 1.99. The molecular weight excluding hydrogens is 278 g/mol. The molecule has 0 fully saturated rings. The molecule has 1 aliphatic heterocycles. The molecule has 0 bridgehead atoms. The summed E-state index contributed by atoms with van der Waals surface area (Å²) in [5.74, 6) is 1.10. The minimum absolute atomic E-state index is 0.357. The van der Waals surface area contributed by atoms with Crippen molar-refractivity contribution in [3.05, 3.63) is 76.3 Å². The second-order valence-electron chi connectivity index (χ2n) is 6.02. The van der Waals surface area contributed by atoms with Crippen molar-refractivity contribution in [2.24, 2.45) is 5.92 Å². The fraction of sp³-hybridized carbons (Fsp3) is 0.263. The molecule has 0 saturated carbocycles. The minimum atomic E-state index is 0.357. The lowest BCUT2D eigenvalue weighted by Crippen LogP contribution is -2.29. The van der Waals surface area contributed by atoms with Crippen molar-refractivity contribution in [3.63, 3.8) is 0 Å².